The lowest BCUT2D eigenvalue weighted by molar-refractivity contribution is 0.119. The zero-order valence-corrected chi connectivity index (χ0v) is 12.4. The molecule has 2 aromatic rings. The molecule has 0 atom stereocenters. The van der Waals surface area contributed by atoms with Crippen LogP contribution in [0.2, 0.25) is 0 Å². The number of aryl methyl sites for hydroxylation is 1. The van der Waals surface area contributed by atoms with Crippen molar-refractivity contribution < 1.29 is 4.74 Å². The van der Waals surface area contributed by atoms with E-state index in [9.17, 15) is 0 Å². The molecular formula is C16H18BrNO. The van der Waals surface area contributed by atoms with Crippen molar-refractivity contribution in [2.75, 3.05) is 12.3 Å². The maximum Gasteiger partial charge on any atom is 0.0717 e. The molecule has 2 aromatic carbocycles. The summed E-state index contributed by atoms with van der Waals surface area (Å²) in [6.45, 7) is 1.39. The second-order valence-electron chi connectivity index (χ2n) is 4.50. The predicted molar refractivity (Wildman–Crippen MR) is 83.0 cm³/mol. The lowest BCUT2D eigenvalue weighted by atomic mass is 10.1. The van der Waals surface area contributed by atoms with Crippen molar-refractivity contribution in [2.45, 2.75) is 19.4 Å². The Morgan fingerprint density at radius 2 is 1.79 bits per heavy atom. The van der Waals surface area contributed by atoms with E-state index in [-0.39, 0.29) is 0 Å². The minimum Gasteiger partial charge on any atom is -0.398 e. The molecule has 0 aromatic heterocycles. The summed E-state index contributed by atoms with van der Waals surface area (Å²) in [5.41, 5.74) is 9.05. The molecule has 0 radical (unpaired) electrons. The van der Waals surface area contributed by atoms with Crippen LogP contribution in [0.5, 0.6) is 0 Å². The highest BCUT2D eigenvalue weighted by atomic mass is 79.9. The Hall–Kier alpha value is -1.32. The van der Waals surface area contributed by atoms with Gasteiger partial charge in [0.15, 0.2) is 0 Å². The zero-order chi connectivity index (χ0) is 13.5. The highest BCUT2D eigenvalue weighted by Crippen LogP contribution is 2.20. The molecule has 0 aliphatic rings. The summed E-state index contributed by atoms with van der Waals surface area (Å²) in [5, 5.41) is 0. The van der Waals surface area contributed by atoms with Gasteiger partial charge in [0.25, 0.3) is 0 Å². The molecule has 2 nitrogen and oxygen atoms in total. The Balaban J connectivity index is 1.68. The quantitative estimate of drug-likeness (QED) is 0.640. The first kappa shape index (κ1) is 14.1. The molecule has 0 saturated heterocycles. The molecule has 0 bridgehead atoms. The molecule has 0 fully saturated rings. The average Bonchev–Trinajstić information content (AvgIpc) is 2.43. The summed E-state index contributed by atoms with van der Waals surface area (Å²) < 4.78 is 6.60. The van der Waals surface area contributed by atoms with Crippen LogP contribution in [0.4, 0.5) is 5.69 Å². The van der Waals surface area contributed by atoms with Crippen LogP contribution in [0.25, 0.3) is 0 Å². The van der Waals surface area contributed by atoms with Crippen molar-refractivity contribution >= 4 is 21.6 Å². The molecule has 0 unspecified atom stereocenters. The summed E-state index contributed by atoms with van der Waals surface area (Å²) >= 11 is 3.38. The summed E-state index contributed by atoms with van der Waals surface area (Å²) in [6.07, 6.45) is 2.10. The third-order valence-electron chi connectivity index (χ3n) is 2.93. The average molecular weight is 320 g/mol. The van der Waals surface area contributed by atoms with Gasteiger partial charge in [0.1, 0.15) is 0 Å². The first-order chi connectivity index (χ1) is 9.25. The van der Waals surface area contributed by atoms with Crippen LogP contribution in [-0.2, 0) is 17.8 Å². The van der Waals surface area contributed by atoms with E-state index in [4.69, 9.17) is 10.5 Å². The van der Waals surface area contributed by atoms with Gasteiger partial charge in [-0.2, -0.15) is 0 Å². The van der Waals surface area contributed by atoms with Gasteiger partial charge < -0.3 is 10.5 Å². The van der Waals surface area contributed by atoms with Crippen LogP contribution in [0.1, 0.15) is 17.5 Å². The molecule has 0 aliphatic carbocycles. The molecule has 0 amide bonds. The molecule has 0 saturated carbocycles. The second-order valence-corrected chi connectivity index (χ2v) is 5.35. The standard InChI is InChI=1S/C16H18BrNO/c17-15-9-8-14(11-16(15)18)12-19-10-4-7-13-5-2-1-3-6-13/h1-3,5-6,8-9,11H,4,7,10,12,18H2. The lowest BCUT2D eigenvalue weighted by Gasteiger charge is -2.06. The molecule has 100 valence electrons. The Morgan fingerprint density at radius 1 is 1.00 bits per heavy atom. The monoisotopic (exact) mass is 319 g/mol. The summed E-state index contributed by atoms with van der Waals surface area (Å²) in [4.78, 5) is 0. The van der Waals surface area contributed by atoms with E-state index in [1.807, 2.05) is 24.3 Å². The number of hydrogen-bond acceptors (Lipinski definition) is 2. The van der Waals surface area contributed by atoms with Gasteiger partial charge in [-0.05, 0) is 52.0 Å². The molecule has 0 heterocycles. The lowest BCUT2D eigenvalue weighted by Crippen LogP contribution is -1.98. The predicted octanol–water partition coefficient (Wildman–Crippen LogP) is 4.18. The van der Waals surface area contributed by atoms with Gasteiger partial charge in [-0.3, -0.25) is 0 Å². The second kappa shape index (κ2) is 7.31. The van der Waals surface area contributed by atoms with Gasteiger partial charge >= 0.3 is 0 Å². The van der Waals surface area contributed by atoms with Gasteiger partial charge in [0.05, 0.1) is 6.61 Å². The number of hydrogen-bond donors (Lipinski definition) is 1. The number of anilines is 1. The van der Waals surface area contributed by atoms with Gasteiger partial charge in [0, 0.05) is 16.8 Å². The van der Waals surface area contributed by atoms with Crippen LogP contribution in [0.15, 0.2) is 53.0 Å². The third-order valence-corrected chi connectivity index (χ3v) is 3.65. The Labute approximate surface area is 122 Å². The summed E-state index contributed by atoms with van der Waals surface area (Å²) in [7, 11) is 0. The fourth-order valence-electron chi connectivity index (χ4n) is 1.90. The fraction of sp³-hybridized carbons (Fsp3) is 0.250. The highest BCUT2D eigenvalue weighted by Gasteiger charge is 1.98. The number of nitrogens with two attached hydrogens (primary N) is 1. The number of halogens is 1. The number of ether oxygens (including phenoxy) is 1. The first-order valence-electron chi connectivity index (χ1n) is 6.41. The first-order valence-corrected chi connectivity index (χ1v) is 7.20. The molecular weight excluding hydrogens is 302 g/mol. The fourth-order valence-corrected chi connectivity index (χ4v) is 2.14. The van der Waals surface area contributed by atoms with Crippen molar-refractivity contribution in [2.24, 2.45) is 0 Å². The minimum atomic E-state index is 0.617. The normalized spacial score (nSPS) is 10.6. The number of benzene rings is 2. The van der Waals surface area contributed by atoms with Crippen LogP contribution in [-0.4, -0.2) is 6.61 Å². The molecule has 2 rings (SSSR count). The van der Waals surface area contributed by atoms with Crippen LogP contribution >= 0.6 is 15.9 Å². The van der Waals surface area contributed by atoms with Crippen molar-refractivity contribution in [1.29, 1.82) is 0 Å². The Morgan fingerprint density at radius 3 is 2.53 bits per heavy atom. The molecule has 2 N–H and O–H groups in total. The zero-order valence-electron chi connectivity index (χ0n) is 10.8. The van der Waals surface area contributed by atoms with Crippen LogP contribution in [0, 0.1) is 0 Å². The Bertz CT molecular complexity index is 513. The molecule has 0 spiro atoms. The molecule has 19 heavy (non-hydrogen) atoms. The van der Waals surface area contributed by atoms with E-state index >= 15 is 0 Å². The van der Waals surface area contributed by atoms with E-state index in [0.717, 1.165) is 35.2 Å². The van der Waals surface area contributed by atoms with E-state index in [0.29, 0.717) is 6.61 Å². The van der Waals surface area contributed by atoms with Gasteiger partial charge in [-0.15, -0.1) is 0 Å². The maximum atomic E-state index is 5.82. The van der Waals surface area contributed by atoms with Crippen molar-refractivity contribution in [3.63, 3.8) is 0 Å². The summed E-state index contributed by atoms with van der Waals surface area (Å²) in [5.74, 6) is 0. The SMILES string of the molecule is Nc1cc(COCCCc2ccccc2)ccc1Br. The smallest absolute Gasteiger partial charge is 0.0717 e. The van der Waals surface area contributed by atoms with Gasteiger partial charge in [0.2, 0.25) is 0 Å². The van der Waals surface area contributed by atoms with Crippen molar-refractivity contribution in [3.8, 4) is 0 Å². The maximum absolute atomic E-state index is 5.82. The van der Waals surface area contributed by atoms with E-state index in [2.05, 4.69) is 40.2 Å². The van der Waals surface area contributed by atoms with E-state index in [1.165, 1.54) is 5.56 Å². The number of rotatable bonds is 6. The van der Waals surface area contributed by atoms with Crippen LogP contribution < -0.4 is 5.73 Å². The highest BCUT2D eigenvalue weighted by molar-refractivity contribution is 9.10. The van der Waals surface area contributed by atoms with E-state index in [1.54, 1.807) is 0 Å². The third kappa shape index (κ3) is 4.69. The molecule has 0 aliphatic heterocycles. The van der Waals surface area contributed by atoms with Gasteiger partial charge in [-0.1, -0.05) is 36.4 Å². The largest absolute Gasteiger partial charge is 0.398 e. The summed E-state index contributed by atoms with van der Waals surface area (Å²) in [6, 6.07) is 16.4. The number of nitrogen functional groups attached to an aromatic ring is 1. The van der Waals surface area contributed by atoms with Crippen molar-refractivity contribution in [3.05, 3.63) is 64.1 Å². The van der Waals surface area contributed by atoms with E-state index < -0.39 is 0 Å². The van der Waals surface area contributed by atoms with Gasteiger partial charge in [-0.25, -0.2) is 0 Å². The Kier molecular flexibility index (Phi) is 5.43. The van der Waals surface area contributed by atoms with Crippen molar-refractivity contribution in [1.82, 2.24) is 0 Å². The molecule has 3 heteroatoms. The topological polar surface area (TPSA) is 35.2 Å². The minimum absolute atomic E-state index is 0.617. The van der Waals surface area contributed by atoms with Crippen LogP contribution in [0.3, 0.4) is 0 Å².